The Kier molecular flexibility index (Phi) is 6.03. The van der Waals surface area contributed by atoms with E-state index in [1.54, 1.807) is 12.1 Å². The Balaban J connectivity index is 2.06. The fourth-order valence-corrected chi connectivity index (χ4v) is 2.42. The van der Waals surface area contributed by atoms with Gasteiger partial charge in [0.2, 0.25) is 11.7 Å². The molecule has 2 aromatic carbocycles. The number of benzene rings is 2. The summed E-state index contributed by atoms with van der Waals surface area (Å²) in [4.78, 5) is 35.3. The lowest BCUT2D eigenvalue weighted by atomic mass is 10.1. The van der Waals surface area contributed by atoms with Crippen LogP contribution in [0.25, 0.3) is 0 Å². The standard InChI is InChI=1S/C18H15BrFNO4/c1-10(25-18(24)15-8-5-13(19)9-16(15)20)17(23)12-3-6-14(7-4-12)21-11(2)22/h3-10H,1-2H3,(H,21,22)/t10-/m0/s1. The Morgan fingerprint density at radius 3 is 2.32 bits per heavy atom. The third-order valence-electron chi connectivity index (χ3n) is 3.29. The Labute approximate surface area is 152 Å². The smallest absolute Gasteiger partial charge is 0.341 e. The first-order valence-corrected chi connectivity index (χ1v) is 8.15. The average Bonchev–Trinajstić information content (AvgIpc) is 2.54. The monoisotopic (exact) mass is 407 g/mol. The van der Waals surface area contributed by atoms with Crippen LogP contribution in [-0.4, -0.2) is 23.8 Å². The third kappa shape index (κ3) is 4.96. The molecule has 0 aliphatic carbocycles. The van der Waals surface area contributed by atoms with Crippen LogP contribution >= 0.6 is 15.9 Å². The van der Waals surface area contributed by atoms with E-state index in [1.807, 2.05) is 0 Å². The molecule has 0 saturated heterocycles. The first-order valence-electron chi connectivity index (χ1n) is 7.36. The van der Waals surface area contributed by atoms with E-state index in [1.165, 1.54) is 38.1 Å². The van der Waals surface area contributed by atoms with Crippen molar-refractivity contribution in [3.8, 4) is 0 Å². The van der Waals surface area contributed by atoms with Crippen LogP contribution in [0.2, 0.25) is 0 Å². The fraction of sp³-hybridized carbons (Fsp3) is 0.167. The number of ether oxygens (including phenoxy) is 1. The van der Waals surface area contributed by atoms with Gasteiger partial charge >= 0.3 is 5.97 Å². The number of Topliss-reactive ketones (excluding diaryl/α,β-unsaturated/α-hetero) is 1. The molecule has 0 saturated carbocycles. The lowest BCUT2D eigenvalue weighted by Crippen LogP contribution is -2.25. The largest absolute Gasteiger partial charge is 0.451 e. The number of anilines is 1. The molecular weight excluding hydrogens is 393 g/mol. The Hall–Kier alpha value is -2.54. The summed E-state index contributed by atoms with van der Waals surface area (Å²) in [5, 5.41) is 2.58. The highest BCUT2D eigenvalue weighted by Crippen LogP contribution is 2.18. The molecule has 5 nitrogen and oxygen atoms in total. The number of hydrogen-bond acceptors (Lipinski definition) is 4. The van der Waals surface area contributed by atoms with E-state index in [4.69, 9.17) is 4.74 Å². The van der Waals surface area contributed by atoms with Crippen LogP contribution < -0.4 is 5.32 Å². The van der Waals surface area contributed by atoms with Crippen molar-refractivity contribution in [2.75, 3.05) is 5.32 Å². The van der Waals surface area contributed by atoms with Crippen LogP contribution in [0.4, 0.5) is 10.1 Å². The van der Waals surface area contributed by atoms with Gasteiger partial charge in [-0.2, -0.15) is 0 Å². The summed E-state index contributed by atoms with van der Waals surface area (Å²) >= 11 is 3.10. The van der Waals surface area contributed by atoms with Crippen molar-refractivity contribution in [1.82, 2.24) is 0 Å². The predicted molar refractivity (Wildman–Crippen MR) is 94.1 cm³/mol. The van der Waals surface area contributed by atoms with Crippen LogP contribution in [0.1, 0.15) is 34.6 Å². The molecule has 0 spiro atoms. The van der Waals surface area contributed by atoms with Crippen LogP contribution in [0.5, 0.6) is 0 Å². The molecule has 25 heavy (non-hydrogen) atoms. The second-order valence-electron chi connectivity index (χ2n) is 5.29. The van der Waals surface area contributed by atoms with Crippen molar-refractivity contribution in [2.24, 2.45) is 0 Å². The quantitative estimate of drug-likeness (QED) is 0.600. The van der Waals surface area contributed by atoms with Crippen LogP contribution in [0.3, 0.4) is 0 Å². The van der Waals surface area contributed by atoms with Gasteiger partial charge in [0.25, 0.3) is 0 Å². The van der Waals surface area contributed by atoms with E-state index < -0.39 is 23.7 Å². The van der Waals surface area contributed by atoms with Crippen molar-refractivity contribution in [3.63, 3.8) is 0 Å². The second kappa shape index (κ2) is 8.02. The predicted octanol–water partition coefficient (Wildman–Crippen LogP) is 3.97. The first kappa shape index (κ1) is 18.8. The lowest BCUT2D eigenvalue weighted by molar-refractivity contribution is -0.114. The molecule has 2 rings (SSSR count). The Bertz CT molecular complexity index is 820. The van der Waals surface area contributed by atoms with E-state index >= 15 is 0 Å². The number of amides is 1. The number of nitrogens with one attached hydrogen (secondary N) is 1. The average molecular weight is 408 g/mol. The number of rotatable bonds is 5. The highest BCUT2D eigenvalue weighted by Gasteiger charge is 2.22. The Morgan fingerprint density at radius 1 is 1.12 bits per heavy atom. The molecule has 0 heterocycles. The van der Waals surface area contributed by atoms with E-state index in [9.17, 15) is 18.8 Å². The Morgan fingerprint density at radius 2 is 1.76 bits per heavy atom. The van der Waals surface area contributed by atoms with Gasteiger partial charge < -0.3 is 10.1 Å². The van der Waals surface area contributed by atoms with Gasteiger partial charge in [-0.3, -0.25) is 9.59 Å². The topological polar surface area (TPSA) is 72.5 Å². The molecule has 0 fully saturated rings. The van der Waals surface area contributed by atoms with Gasteiger partial charge in [-0.05, 0) is 49.4 Å². The van der Waals surface area contributed by atoms with Gasteiger partial charge in [-0.15, -0.1) is 0 Å². The summed E-state index contributed by atoms with van der Waals surface area (Å²) in [6.45, 7) is 2.79. The van der Waals surface area contributed by atoms with Crippen molar-refractivity contribution >= 4 is 39.3 Å². The van der Waals surface area contributed by atoms with Gasteiger partial charge in [0.1, 0.15) is 5.82 Å². The van der Waals surface area contributed by atoms with E-state index in [-0.39, 0.29) is 11.5 Å². The molecule has 2 aromatic rings. The van der Waals surface area contributed by atoms with Crippen molar-refractivity contribution < 1.29 is 23.5 Å². The minimum absolute atomic E-state index is 0.224. The summed E-state index contributed by atoms with van der Waals surface area (Å²) in [6.07, 6.45) is -1.08. The molecule has 1 atom stereocenters. The zero-order valence-electron chi connectivity index (χ0n) is 13.5. The molecule has 130 valence electrons. The maximum atomic E-state index is 13.8. The first-order chi connectivity index (χ1) is 11.8. The van der Waals surface area contributed by atoms with Gasteiger partial charge in [0, 0.05) is 22.6 Å². The normalized spacial score (nSPS) is 11.5. The van der Waals surface area contributed by atoms with Crippen LogP contribution in [0.15, 0.2) is 46.9 Å². The third-order valence-corrected chi connectivity index (χ3v) is 3.79. The number of carbonyl (C=O) groups is 3. The zero-order chi connectivity index (χ0) is 18.6. The molecule has 0 radical (unpaired) electrons. The molecule has 0 aliphatic rings. The molecule has 0 aromatic heterocycles. The highest BCUT2D eigenvalue weighted by atomic mass is 79.9. The van der Waals surface area contributed by atoms with Crippen LogP contribution in [0, 0.1) is 5.82 Å². The van der Waals surface area contributed by atoms with Crippen LogP contribution in [-0.2, 0) is 9.53 Å². The van der Waals surface area contributed by atoms with Gasteiger partial charge in [-0.1, -0.05) is 15.9 Å². The molecule has 0 bridgehead atoms. The molecule has 1 N–H and O–H groups in total. The van der Waals surface area contributed by atoms with Crippen molar-refractivity contribution in [3.05, 3.63) is 63.9 Å². The summed E-state index contributed by atoms with van der Waals surface area (Å²) in [7, 11) is 0. The summed E-state index contributed by atoms with van der Waals surface area (Å²) in [5.74, 6) is -2.31. The minimum atomic E-state index is -1.08. The van der Waals surface area contributed by atoms with Crippen molar-refractivity contribution in [2.45, 2.75) is 20.0 Å². The maximum Gasteiger partial charge on any atom is 0.341 e. The molecule has 0 unspecified atom stereocenters. The molecular formula is C18H15BrFNO4. The summed E-state index contributed by atoms with van der Waals surface area (Å²) in [5.41, 5.74) is 0.611. The highest BCUT2D eigenvalue weighted by molar-refractivity contribution is 9.10. The molecule has 1 amide bonds. The van der Waals surface area contributed by atoms with Gasteiger partial charge in [0.15, 0.2) is 6.10 Å². The van der Waals surface area contributed by atoms with E-state index in [0.29, 0.717) is 15.7 Å². The van der Waals surface area contributed by atoms with E-state index in [0.717, 1.165) is 6.07 Å². The summed E-state index contributed by atoms with van der Waals surface area (Å²) in [6, 6.07) is 10.1. The number of esters is 1. The molecule has 7 heteroatoms. The number of carbonyl (C=O) groups excluding carboxylic acids is 3. The maximum absolute atomic E-state index is 13.8. The minimum Gasteiger partial charge on any atom is -0.451 e. The zero-order valence-corrected chi connectivity index (χ0v) is 15.1. The number of ketones is 1. The van der Waals surface area contributed by atoms with Crippen molar-refractivity contribution in [1.29, 1.82) is 0 Å². The second-order valence-corrected chi connectivity index (χ2v) is 6.21. The SMILES string of the molecule is CC(=O)Nc1ccc(C(=O)[C@H](C)OC(=O)c2ccc(Br)cc2F)cc1. The number of hydrogen-bond donors (Lipinski definition) is 1. The van der Waals surface area contributed by atoms with Gasteiger partial charge in [-0.25, -0.2) is 9.18 Å². The molecule has 0 aliphatic heterocycles. The van der Waals surface area contributed by atoms with E-state index in [2.05, 4.69) is 21.2 Å². The van der Waals surface area contributed by atoms with Gasteiger partial charge in [0.05, 0.1) is 5.56 Å². The summed E-state index contributed by atoms with van der Waals surface area (Å²) < 4.78 is 19.3. The number of halogens is 2. The lowest BCUT2D eigenvalue weighted by Gasteiger charge is -2.13. The fourth-order valence-electron chi connectivity index (χ4n) is 2.09.